The highest BCUT2D eigenvalue weighted by Crippen LogP contribution is 2.23. The molecule has 0 bridgehead atoms. The zero-order chi connectivity index (χ0) is 22.9. The first-order valence-electron chi connectivity index (χ1n) is 10.4. The van der Waals surface area contributed by atoms with Gasteiger partial charge in [-0.15, -0.1) is 16.8 Å². The summed E-state index contributed by atoms with van der Waals surface area (Å²) in [6.07, 6.45) is 2.58. The van der Waals surface area contributed by atoms with Gasteiger partial charge >= 0.3 is 0 Å². The number of amides is 2. The third-order valence-electron chi connectivity index (χ3n) is 4.88. The van der Waals surface area contributed by atoms with E-state index in [4.69, 9.17) is 0 Å². The van der Waals surface area contributed by atoms with Crippen molar-refractivity contribution in [2.45, 2.75) is 38.5 Å². The van der Waals surface area contributed by atoms with Crippen LogP contribution < -0.4 is 10.6 Å². The van der Waals surface area contributed by atoms with Crippen molar-refractivity contribution in [1.29, 1.82) is 0 Å². The third kappa shape index (κ3) is 5.85. The Balaban J connectivity index is 1.63. The molecule has 2 amide bonds. The van der Waals surface area contributed by atoms with E-state index in [1.54, 1.807) is 18.2 Å². The lowest BCUT2D eigenvalue weighted by Gasteiger charge is -2.13. The van der Waals surface area contributed by atoms with E-state index in [1.165, 1.54) is 11.8 Å². The van der Waals surface area contributed by atoms with Crippen LogP contribution in [0.4, 0.5) is 5.69 Å². The summed E-state index contributed by atoms with van der Waals surface area (Å²) in [5, 5.41) is 14.9. The molecule has 2 aromatic carbocycles. The third-order valence-corrected chi connectivity index (χ3v) is 5.85. The Labute approximate surface area is 192 Å². The van der Waals surface area contributed by atoms with Crippen LogP contribution >= 0.6 is 11.8 Å². The topological polar surface area (TPSA) is 88.9 Å². The number of thioether (sulfide) groups is 1. The number of nitrogens with zero attached hydrogens (tertiary/aromatic N) is 3. The number of anilines is 1. The summed E-state index contributed by atoms with van der Waals surface area (Å²) in [7, 11) is 0. The summed E-state index contributed by atoms with van der Waals surface area (Å²) in [4.78, 5) is 24.9. The number of carbonyl (C=O) groups is 2. The Kier molecular flexibility index (Phi) is 8.21. The standard InChI is InChI=1S/C24H27N5O2S/c1-4-14-29-20(15-25-23(31)19-11-7-6-8-12-19)27-28-24(29)32-16-21(30)26-22-17(3)10-9-13-18(22)5-2/h4,6-13H,1,5,14-16H2,2-3H3,(H,25,31)(H,26,30). The monoisotopic (exact) mass is 449 g/mol. The number of para-hydroxylation sites is 1. The van der Waals surface area contributed by atoms with Gasteiger partial charge in [0.2, 0.25) is 5.91 Å². The second kappa shape index (κ2) is 11.3. The summed E-state index contributed by atoms with van der Waals surface area (Å²) in [6.45, 7) is 8.54. The Hall–Kier alpha value is -3.39. The van der Waals surface area contributed by atoms with E-state index in [0.29, 0.717) is 23.1 Å². The molecule has 0 aliphatic carbocycles. The second-order valence-electron chi connectivity index (χ2n) is 7.15. The summed E-state index contributed by atoms with van der Waals surface area (Å²) < 4.78 is 1.85. The van der Waals surface area contributed by atoms with Gasteiger partial charge in [0.05, 0.1) is 12.3 Å². The molecule has 0 aliphatic rings. The van der Waals surface area contributed by atoms with Gasteiger partial charge in [0.25, 0.3) is 5.91 Å². The zero-order valence-electron chi connectivity index (χ0n) is 18.3. The molecule has 7 nitrogen and oxygen atoms in total. The first-order valence-corrected chi connectivity index (χ1v) is 11.4. The van der Waals surface area contributed by atoms with Gasteiger partial charge in [0, 0.05) is 17.8 Å². The quantitative estimate of drug-likeness (QED) is 0.361. The predicted octanol–water partition coefficient (Wildman–Crippen LogP) is 4.00. The highest BCUT2D eigenvalue weighted by atomic mass is 32.2. The maximum absolute atomic E-state index is 12.6. The van der Waals surface area contributed by atoms with Crippen LogP contribution in [0.15, 0.2) is 66.3 Å². The van der Waals surface area contributed by atoms with Crippen molar-refractivity contribution in [1.82, 2.24) is 20.1 Å². The van der Waals surface area contributed by atoms with Gasteiger partial charge in [-0.2, -0.15) is 0 Å². The van der Waals surface area contributed by atoms with Gasteiger partial charge in [-0.05, 0) is 36.6 Å². The molecule has 32 heavy (non-hydrogen) atoms. The number of aryl methyl sites for hydroxylation is 2. The molecule has 166 valence electrons. The number of allylic oxidation sites excluding steroid dienone is 1. The number of carbonyl (C=O) groups excluding carboxylic acids is 2. The smallest absolute Gasteiger partial charge is 0.251 e. The van der Waals surface area contributed by atoms with Crippen LogP contribution in [0.3, 0.4) is 0 Å². The van der Waals surface area contributed by atoms with Crippen LogP contribution in [0.2, 0.25) is 0 Å². The van der Waals surface area contributed by atoms with Crippen LogP contribution in [-0.4, -0.2) is 32.3 Å². The summed E-state index contributed by atoms with van der Waals surface area (Å²) in [6, 6.07) is 15.0. The summed E-state index contributed by atoms with van der Waals surface area (Å²) in [5.41, 5.74) is 3.59. The van der Waals surface area contributed by atoms with Crippen molar-refractivity contribution in [3.8, 4) is 0 Å². The Bertz CT molecular complexity index is 1100. The molecular weight excluding hydrogens is 422 g/mol. The van der Waals surface area contributed by atoms with E-state index in [9.17, 15) is 9.59 Å². The summed E-state index contributed by atoms with van der Waals surface area (Å²) in [5.74, 6) is 0.510. The number of nitrogens with one attached hydrogen (secondary N) is 2. The molecule has 3 rings (SSSR count). The molecule has 0 radical (unpaired) electrons. The largest absolute Gasteiger partial charge is 0.345 e. The Morgan fingerprint density at radius 3 is 2.62 bits per heavy atom. The maximum Gasteiger partial charge on any atom is 0.251 e. The molecular formula is C24H27N5O2S. The van der Waals surface area contributed by atoms with E-state index < -0.39 is 0 Å². The lowest BCUT2D eigenvalue weighted by molar-refractivity contribution is -0.113. The highest BCUT2D eigenvalue weighted by Gasteiger charge is 2.16. The molecule has 0 saturated heterocycles. The number of hydrogen-bond acceptors (Lipinski definition) is 5. The fourth-order valence-corrected chi connectivity index (χ4v) is 3.99. The van der Waals surface area contributed by atoms with Gasteiger partial charge in [0.1, 0.15) is 0 Å². The van der Waals surface area contributed by atoms with Gasteiger partial charge in [-0.25, -0.2) is 0 Å². The number of aromatic nitrogens is 3. The lowest BCUT2D eigenvalue weighted by Crippen LogP contribution is -2.24. The normalized spacial score (nSPS) is 10.6. The number of rotatable bonds is 10. The minimum absolute atomic E-state index is 0.105. The number of hydrogen-bond donors (Lipinski definition) is 2. The van der Waals surface area contributed by atoms with Crippen molar-refractivity contribution in [3.63, 3.8) is 0 Å². The molecule has 0 saturated carbocycles. The molecule has 0 aliphatic heterocycles. The fraction of sp³-hybridized carbons (Fsp3) is 0.250. The van der Waals surface area contributed by atoms with Crippen molar-refractivity contribution in [2.24, 2.45) is 0 Å². The van der Waals surface area contributed by atoms with E-state index in [1.807, 2.05) is 47.9 Å². The first kappa shape index (κ1) is 23.3. The Morgan fingerprint density at radius 2 is 1.91 bits per heavy atom. The Morgan fingerprint density at radius 1 is 1.12 bits per heavy atom. The fourth-order valence-electron chi connectivity index (χ4n) is 3.23. The molecule has 1 heterocycles. The van der Waals surface area contributed by atoms with Gasteiger partial charge in [-0.1, -0.05) is 61.2 Å². The molecule has 0 spiro atoms. The first-order chi connectivity index (χ1) is 15.5. The van der Waals surface area contributed by atoms with E-state index in [-0.39, 0.29) is 24.1 Å². The maximum atomic E-state index is 12.6. The average Bonchev–Trinajstić information content (AvgIpc) is 3.19. The van der Waals surface area contributed by atoms with E-state index in [0.717, 1.165) is 23.2 Å². The molecule has 3 aromatic rings. The second-order valence-corrected chi connectivity index (χ2v) is 8.09. The van der Waals surface area contributed by atoms with E-state index in [2.05, 4.69) is 34.3 Å². The van der Waals surface area contributed by atoms with Crippen molar-refractivity contribution in [3.05, 3.63) is 83.7 Å². The predicted molar refractivity (Wildman–Crippen MR) is 128 cm³/mol. The molecule has 8 heteroatoms. The molecule has 0 unspecified atom stereocenters. The molecule has 2 N–H and O–H groups in total. The van der Waals surface area contributed by atoms with E-state index >= 15 is 0 Å². The van der Waals surface area contributed by atoms with Crippen LogP contribution in [0.25, 0.3) is 0 Å². The van der Waals surface area contributed by atoms with Gasteiger partial charge < -0.3 is 15.2 Å². The highest BCUT2D eigenvalue weighted by molar-refractivity contribution is 7.99. The van der Waals surface area contributed by atoms with Crippen LogP contribution in [0.1, 0.15) is 34.2 Å². The van der Waals surface area contributed by atoms with Crippen LogP contribution in [0, 0.1) is 6.92 Å². The van der Waals surface area contributed by atoms with Crippen molar-refractivity contribution in [2.75, 3.05) is 11.1 Å². The van der Waals surface area contributed by atoms with Gasteiger partial charge in [0.15, 0.2) is 11.0 Å². The van der Waals surface area contributed by atoms with Crippen LogP contribution in [0.5, 0.6) is 0 Å². The minimum atomic E-state index is -0.183. The van der Waals surface area contributed by atoms with Gasteiger partial charge in [-0.3, -0.25) is 9.59 Å². The number of benzene rings is 2. The minimum Gasteiger partial charge on any atom is -0.345 e. The molecule has 0 atom stereocenters. The molecule has 1 aromatic heterocycles. The average molecular weight is 450 g/mol. The zero-order valence-corrected chi connectivity index (χ0v) is 19.1. The lowest BCUT2D eigenvalue weighted by atomic mass is 10.1. The van der Waals surface area contributed by atoms with Crippen molar-refractivity contribution < 1.29 is 9.59 Å². The summed E-state index contributed by atoms with van der Waals surface area (Å²) >= 11 is 1.30. The van der Waals surface area contributed by atoms with Crippen molar-refractivity contribution >= 4 is 29.3 Å². The SMILES string of the molecule is C=CCn1c(CNC(=O)c2ccccc2)nnc1SCC(=O)Nc1c(C)cccc1CC. The van der Waals surface area contributed by atoms with Crippen LogP contribution in [-0.2, 0) is 24.3 Å². The molecule has 0 fully saturated rings.